The van der Waals surface area contributed by atoms with Crippen LogP contribution in [0.15, 0.2) is 52.9 Å². The lowest BCUT2D eigenvalue weighted by atomic mass is 10.2. The third-order valence-corrected chi connectivity index (χ3v) is 3.61. The Morgan fingerprint density at radius 2 is 1.93 bits per heavy atom. The molecule has 3 aromatic rings. The Morgan fingerprint density at radius 1 is 1.11 bits per heavy atom. The van der Waals surface area contributed by atoms with Gasteiger partial charge >= 0.3 is 17.8 Å². The summed E-state index contributed by atoms with van der Waals surface area (Å²) in [5, 5.41) is 10.2. The van der Waals surface area contributed by atoms with Crippen LogP contribution in [0, 0.1) is 0 Å². The molecule has 1 aromatic heterocycles. The molecule has 0 aliphatic rings. The van der Waals surface area contributed by atoms with Gasteiger partial charge < -0.3 is 19.2 Å². The number of nitrogens with one attached hydrogen (secondary N) is 1. The number of hydrogen-bond acceptors (Lipinski definition) is 7. The van der Waals surface area contributed by atoms with Gasteiger partial charge in [0.15, 0.2) is 0 Å². The quantitative estimate of drug-likeness (QED) is 0.667. The first-order valence-corrected chi connectivity index (χ1v) is 8.17. The normalized spacial score (nSPS) is 10.3. The highest BCUT2D eigenvalue weighted by Crippen LogP contribution is 2.23. The largest absolute Gasteiger partial charge is 0.497 e. The van der Waals surface area contributed by atoms with Crippen LogP contribution >= 0.6 is 0 Å². The standard InChI is InChI=1S/C19H17N3O5/c1-3-26-19(24)14-9-4-5-10-15(14)20-16(23)18-22-21-17(27-18)12-7-6-8-13(11-12)25-2/h4-11H,3H2,1-2H3,(H,20,23). The lowest BCUT2D eigenvalue weighted by Crippen LogP contribution is -2.16. The van der Waals surface area contributed by atoms with E-state index in [1.54, 1.807) is 62.6 Å². The lowest BCUT2D eigenvalue weighted by molar-refractivity contribution is 0.0527. The molecule has 0 aliphatic heterocycles. The van der Waals surface area contributed by atoms with E-state index in [0.29, 0.717) is 17.0 Å². The summed E-state index contributed by atoms with van der Waals surface area (Å²) in [7, 11) is 1.55. The summed E-state index contributed by atoms with van der Waals surface area (Å²) >= 11 is 0. The van der Waals surface area contributed by atoms with Gasteiger partial charge in [-0.25, -0.2) is 4.79 Å². The highest BCUT2D eigenvalue weighted by Gasteiger charge is 2.19. The first-order chi connectivity index (χ1) is 13.1. The number of para-hydroxylation sites is 1. The minimum atomic E-state index is -0.631. The molecule has 0 saturated carbocycles. The van der Waals surface area contributed by atoms with Crippen molar-refractivity contribution in [3.8, 4) is 17.2 Å². The van der Waals surface area contributed by atoms with E-state index in [0.717, 1.165) is 0 Å². The minimum Gasteiger partial charge on any atom is -0.497 e. The Labute approximate surface area is 155 Å². The fourth-order valence-corrected chi connectivity index (χ4v) is 2.34. The van der Waals surface area contributed by atoms with E-state index in [1.165, 1.54) is 0 Å². The molecule has 2 aromatic carbocycles. The van der Waals surface area contributed by atoms with Crippen LogP contribution in [0.3, 0.4) is 0 Å². The van der Waals surface area contributed by atoms with Crippen molar-refractivity contribution in [1.82, 2.24) is 10.2 Å². The molecule has 1 heterocycles. The van der Waals surface area contributed by atoms with Crippen LogP contribution in [0.5, 0.6) is 5.75 Å². The molecule has 0 unspecified atom stereocenters. The highest BCUT2D eigenvalue weighted by molar-refractivity contribution is 6.05. The first-order valence-electron chi connectivity index (χ1n) is 8.17. The van der Waals surface area contributed by atoms with Gasteiger partial charge in [0, 0.05) is 5.56 Å². The van der Waals surface area contributed by atoms with Crippen LogP contribution in [0.4, 0.5) is 5.69 Å². The van der Waals surface area contributed by atoms with Crippen molar-refractivity contribution in [2.24, 2.45) is 0 Å². The van der Waals surface area contributed by atoms with Crippen molar-refractivity contribution >= 4 is 17.6 Å². The van der Waals surface area contributed by atoms with E-state index in [2.05, 4.69) is 15.5 Å². The van der Waals surface area contributed by atoms with E-state index in [9.17, 15) is 9.59 Å². The number of carbonyl (C=O) groups excluding carboxylic acids is 2. The Kier molecular flexibility index (Phi) is 5.46. The fourth-order valence-electron chi connectivity index (χ4n) is 2.34. The number of esters is 1. The van der Waals surface area contributed by atoms with Gasteiger partial charge in [0.05, 0.1) is 25.0 Å². The maximum atomic E-state index is 12.4. The van der Waals surface area contributed by atoms with E-state index >= 15 is 0 Å². The zero-order valence-electron chi connectivity index (χ0n) is 14.8. The molecular weight excluding hydrogens is 350 g/mol. The average Bonchev–Trinajstić information content (AvgIpc) is 3.19. The Bertz CT molecular complexity index is 967. The van der Waals surface area contributed by atoms with Gasteiger partial charge in [-0.15, -0.1) is 10.2 Å². The molecule has 0 spiro atoms. The van der Waals surface area contributed by atoms with Crippen molar-refractivity contribution in [2.75, 3.05) is 19.0 Å². The maximum absolute atomic E-state index is 12.4. The summed E-state index contributed by atoms with van der Waals surface area (Å²) in [5.74, 6) is -0.589. The Hall–Kier alpha value is -3.68. The van der Waals surface area contributed by atoms with Gasteiger partial charge in [-0.3, -0.25) is 4.79 Å². The van der Waals surface area contributed by atoms with Crippen LogP contribution in [0.1, 0.15) is 28.0 Å². The van der Waals surface area contributed by atoms with E-state index in [-0.39, 0.29) is 24.0 Å². The number of hydrogen-bond donors (Lipinski definition) is 1. The van der Waals surface area contributed by atoms with Crippen LogP contribution in [0.25, 0.3) is 11.5 Å². The summed E-state index contributed by atoms with van der Waals surface area (Å²) in [6.45, 7) is 1.94. The van der Waals surface area contributed by atoms with E-state index in [1.807, 2.05) is 0 Å². The second kappa shape index (κ2) is 8.13. The molecular formula is C19H17N3O5. The molecule has 8 heteroatoms. The zero-order valence-corrected chi connectivity index (χ0v) is 14.8. The van der Waals surface area contributed by atoms with Crippen LogP contribution in [-0.4, -0.2) is 35.8 Å². The van der Waals surface area contributed by atoms with Crippen LogP contribution < -0.4 is 10.1 Å². The second-order valence-corrected chi connectivity index (χ2v) is 5.36. The molecule has 1 amide bonds. The third kappa shape index (κ3) is 4.12. The SMILES string of the molecule is CCOC(=O)c1ccccc1NC(=O)c1nnc(-c2cccc(OC)c2)o1. The third-order valence-electron chi connectivity index (χ3n) is 3.61. The molecule has 0 saturated heterocycles. The summed E-state index contributed by atoms with van der Waals surface area (Å²) < 4.78 is 15.6. The number of anilines is 1. The van der Waals surface area contributed by atoms with Crippen molar-refractivity contribution in [1.29, 1.82) is 0 Å². The predicted octanol–water partition coefficient (Wildman–Crippen LogP) is 3.17. The van der Waals surface area contributed by atoms with Gasteiger partial charge in [0.1, 0.15) is 5.75 Å². The number of carbonyl (C=O) groups is 2. The number of aromatic nitrogens is 2. The van der Waals surface area contributed by atoms with Crippen molar-refractivity contribution in [3.63, 3.8) is 0 Å². The summed E-state index contributed by atoms with van der Waals surface area (Å²) in [5.41, 5.74) is 1.15. The van der Waals surface area contributed by atoms with Crippen molar-refractivity contribution in [3.05, 3.63) is 60.0 Å². The predicted molar refractivity (Wildman–Crippen MR) is 96.6 cm³/mol. The summed E-state index contributed by atoms with van der Waals surface area (Å²) in [6, 6.07) is 13.5. The Balaban J connectivity index is 1.80. The van der Waals surface area contributed by atoms with Crippen molar-refractivity contribution < 1.29 is 23.5 Å². The summed E-state index contributed by atoms with van der Waals surface area (Å²) in [4.78, 5) is 24.4. The molecule has 27 heavy (non-hydrogen) atoms. The Morgan fingerprint density at radius 3 is 2.70 bits per heavy atom. The highest BCUT2D eigenvalue weighted by atomic mass is 16.5. The monoisotopic (exact) mass is 367 g/mol. The molecule has 3 rings (SSSR count). The van der Waals surface area contributed by atoms with Gasteiger partial charge in [0.25, 0.3) is 0 Å². The number of methoxy groups -OCH3 is 1. The molecule has 0 fully saturated rings. The number of benzene rings is 2. The summed E-state index contributed by atoms with van der Waals surface area (Å²) in [6.07, 6.45) is 0. The van der Waals surface area contributed by atoms with Gasteiger partial charge in [-0.1, -0.05) is 18.2 Å². The van der Waals surface area contributed by atoms with Crippen LogP contribution in [0.2, 0.25) is 0 Å². The molecule has 1 N–H and O–H groups in total. The number of rotatable bonds is 6. The zero-order chi connectivity index (χ0) is 19.2. The number of nitrogens with zero attached hydrogens (tertiary/aromatic N) is 2. The molecule has 8 nitrogen and oxygen atoms in total. The number of amides is 1. The second-order valence-electron chi connectivity index (χ2n) is 5.36. The lowest BCUT2D eigenvalue weighted by Gasteiger charge is -2.08. The van der Waals surface area contributed by atoms with Gasteiger partial charge in [-0.2, -0.15) is 0 Å². The molecule has 0 aliphatic carbocycles. The first kappa shape index (κ1) is 18.1. The number of ether oxygens (including phenoxy) is 2. The smallest absolute Gasteiger partial charge is 0.340 e. The van der Waals surface area contributed by atoms with Gasteiger partial charge in [-0.05, 0) is 37.3 Å². The van der Waals surface area contributed by atoms with Crippen LogP contribution in [-0.2, 0) is 4.74 Å². The fraction of sp³-hybridized carbons (Fsp3) is 0.158. The molecule has 0 atom stereocenters. The topological polar surface area (TPSA) is 104 Å². The van der Waals surface area contributed by atoms with Crippen molar-refractivity contribution in [2.45, 2.75) is 6.92 Å². The molecule has 0 bridgehead atoms. The molecule has 138 valence electrons. The average molecular weight is 367 g/mol. The maximum Gasteiger partial charge on any atom is 0.340 e. The van der Waals surface area contributed by atoms with E-state index < -0.39 is 11.9 Å². The minimum absolute atomic E-state index is 0.178. The van der Waals surface area contributed by atoms with Gasteiger partial charge in [0.2, 0.25) is 5.89 Å². The van der Waals surface area contributed by atoms with E-state index in [4.69, 9.17) is 13.9 Å². The molecule has 0 radical (unpaired) electrons.